The Hall–Kier alpha value is -4.79. The minimum atomic E-state index is -4.91. The van der Waals surface area contributed by atoms with Crippen LogP contribution in [0.1, 0.15) is 32.2 Å². The predicted octanol–water partition coefficient (Wildman–Crippen LogP) is 3.44. The third kappa shape index (κ3) is 5.75. The first kappa shape index (κ1) is 27.8. The number of aromatic hydroxyl groups is 1. The van der Waals surface area contributed by atoms with Crippen molar-refractivity contribution in [1.29, 1.82) is 0 Å². The second-order valence-electron chi connectivity index (χ2n) is 9.17. The zero-order valence-electron chi connectivity index (χ0n) is 21.1. The van der Waals surface area contributed by atoms with Gasteiger partial charge in [0.2, 0.25) is 0 Å². The number of imidazole rings is 1. The van der Waals surface area contributed by atoms with Crippen molar-refractivity contribution in [1.82, 2.24) is 35.7 Å². The van der Waals surface area contributed by atoms with Crippen LogP contribution in [0.3, 0.4) is 0 Å². The van der Waals surface area contributed by atoms with Crippen molar-refractivity contribution in [2.75, 3.05) is 26.2 Å². The van der Waals surface area contributed by atoms with Crippen LogP contribution in [0.2, 0.25) is 0 Å². The fourth-order valence-corrected chi connectivity index (χ4v) is 4.41. The van der Waals surface area contributed by atoms with E-state index in [1.165, 1.54) is 17.0 Å². The van der Waals surface area contributed by atoms with E-state index >= 15 is 0 Å². The average Bonchev–Trinajstić information content (AvgIpc) is 3.60. The number of nitrogens with zero attached hydrogens (tertiary/aromatic N) is 3. The van der Waals surface area contributed by atoms with Crippen LogP contribution in [0, 0.1) is 11.6 Å². The van der Waals surface area contributed by atoms with E-state index in [9.17, 15) is 36.6 Å². The number of aromatic amines is 2. The fourth-order valence-electron chi connectivity index (χ4n) is 4.41. The molecule has 0 saturated carbocycles. The molecule has 2 amide bonds. The number of H-pyrrole nitrogens is 2. The maximum Gasteiger partial charge on any atom is 0.433 e. The summed E-state index contributed by atoms with van der Waals surface area (Å²) in [6.45, 7) is 1.96. The second kappa shape index (κ2) is 11.0. The lowest BCUT2D eigenvalue weighted by atomic mass is 10.0. The zero-order chi connectivity index (χ0) is 29.3. The molecule has 214 valence electrons. The van der Waals surface area contributed by atoms with Crippen LogP contribution in [0.5, 0.6) is 5.75 Å². The third-order valence-corrected chi connectivity index (χ3v) is 6.44. The lowest BCUT2D eigenvalue weighted by Crippen LogP contribution is -2.46. The van der Waals surface area contributed by atoms with Crippen molar-refractivity contribution < 1.29 is 36.6 Å². The Balaban J connectivity index is 1.34. The molecule has 2 aromatic heterocycles. The quantitative estimate of drug-likeness (QED) is 0.223. The van der Waals surface area contributed by atoms with Gasteiger partial charge in [-0.3, -0.25) is 14.7 Å². The second-order valence-corrected chi connectivity index (χ2v) is 9.17. The Morgan fingerprint density at radius 1 is 1.05 bits per heavy atom. The van der Waals surface area contributed by atoms with Gasteiger partial charge in [-0.25, -0.2) is 13.8 Å². The van der Waals surface area contributed by atoms with Gasteiger partial charge in [0.25, 0.3) is 11.8 Å². The van der Waals surface area contributed by atoms with Crippen molar-refractivity contribution in [3.8, 4) is 28.3 Å². The number of carbonyl (C=O) groups is 2. The monoisotopic (exact) mass is 575 g/mol. The molecule has 3 heterocycles. The molecular formula is C26H22F5N7O3. The lowest BCUT2D eigenvalue weighted by molar-refractivity contribution is -0.140. The van der Waals surface area contributed by atoms with Gasteiger partial charge in [0.15, 0.2) is 5.82 Å². The third-order valence-electron chi connectivity index (χ3n) is 6.44. The Morgan fingerprint density at radius 3 is 2.49 bits per heavy atom. The molecule has 1 saturated heterocycles. The Kier molecular flexibility index (Phi) is 7.45. The molecule has 2 aromatic carbocycles. The summed E-state index contributed by atoms with van der Waals surface area (Å²) in [6.07, 6.45) is -3.95. The Labute approximate surface area is 228 Å². The van der Waals surface area contributed by atoms with E-state index < -0.39 is 52.3 Å². The number of hydrogen-bond donors (Lipinski definition) is 5. The number of aromatic nitrogens is 4. The van der Waals surface area contributed by atoms with Crippen LogP contribution >= 0.6 is 0 Å². The first-order chi connectivity index (χ1) is 19.5. The normalized spacial score (nSPS) is 13.8. The zero-order valence-corrected chi connectivity index (χ0v) is 21.1. The van der Waals surface area contributed by atoms with Crippen molar-refractivity contribution >= 4 is 11.8 Å². The summed E-state index contributed by atoms with van der Waals surface area (Å²) in [5.74, 6) is -3.82. The highest BCUT2D eigenvalue weighted by molar-refractivity contribution is 5.95. The number of phenols is 1. The first-order valence-corrected chi connectivity index (χ1v) is 12.3. The van der Waals surface area contributed by atoms with E-state index in [2.05, 4.69) is 25.7 Å². The molecule has 0 atom stereocenters. The molecule has 1 aliphatic heterocycles. The lowest BCUT2D eigenvalue weighted by Gasteiger charge is -2.27. The van der Waals surface area contributed by atoms with Gasteiger partial charge in [-0.2, -0.15) is 18.3 Å². The number of nitrogens with one attached hydrogen (secondary N) is 4. The number of rotatable bonds is 6. The molecule has 41 heavy (non-hydrogen) atoms. The summed E-state index contributed by atoms with van der Waals surface area (Å²) in [4.78, 5) is 33.2. The number of phenolic OH excluding ortho intramolecular Hbond substituents is 1. The number of halogens is 5. The molecule has 0 aliphatic carbocycles. The molecule has 0 spiro atoms. The summed E-state index contributed by atoms with van der Waals surface area (Å²) < 4.78 is 70.4. The van der Waals surface area contributed by atoms with Crippen molar-refractivity contribution in [2.24, 2.45) is 0 Å². The Bertz CT molecular complexity index is 1610. The van der Waals surface area contributed by atoms with Gasteiger partial charge >= 0.3 is 6.18 Å². The van der Waals surface area contributed by atoms with E-state index in [0.717, 1.165) is 30.5 Å². The molecule has 10 nitrogen and oxygen atoms in total. The van der Waals surface area contributed by atoms with Crippen LogP contribution in [0.4, 0.5) is 22.0 Å². The topological polar surface area (TPSA) is 139 Å². The van der Waals surface area contributed by atoms with E-state index in [4.69, 9.17) is 0 Å². The number of amides is 2. The number of benzene rings is 2. The summed E-state index contributed by atoms with van der Waals surface area (Å²) in [7, 11) is 0. The highest BCUT2D eigenvalue weighted by Crippen LogP contribution is 2.41. The van der Waals surface area contributed by atoms with Crippen LogP contribution < -0.4 is 10.6 Å². The summed E-state index contributed by atoms with van der Waals surface area (Å²) in [6, 6.07) is 6.80. The van der Waals surface area contributed by atoms with Gasteiger partial charge in [-0.05, 0) is 29.8 Å². The molecule has 5 rings (SSSR count). The highest BCUT2D eigenvalue weighted by atomic mass is 19.4. The van der Waals surface area contributed by atoms with Gasteiger partial charge in [0.1, 0.15) is 28.8 Å². The van der Waals surface area contributed by atoms with Crippen LogP contribution in [-0.2, 0) is 12.7 Å². The number of carbonyl (C=O) groups excluding carboxylic acids is 2. The standard InChI is InChI=1S/C26H22F5N7O3/c27-17-9-13(1-3-16(17)25(41)38-7-5-32-6-8-38)11-34-24(40)23-33-12-19(35-23)20-21(36-37-22(20)26(29,30)31)15-4-2-14(39)10-18(15)28/h1-4,9-10,12,32,39H,5-8,11H2,(H,33,35)(H,34,40)(H,36,37). The van der Waals surface area contributed by atoms with Crippen molar-refractivity contribution in [2.45, 2.75) is 12.7 Å². The smallest absolute Gasteiger partial charge is 0.433 e. The maximum absolute atomic E-state index is 14.7. The van der Waals surface area contributed by atoms with Crippen molar-refractivity contribution in [3.63, 3.8) is 0 Å². The molecule has 1 aliphatic rings. The van der Waals surface area contributed by atoms with E-state index in [1.807, 2.05) is 5.10 Å². The highest BCUT2D eigenvalue weighted by Gasteiger charge is 2.39. The summed E-state index contributed by atoms with van der Waals surface area (Å²) in [5, 5.41) is 20.5. The van der Waals surface area contributed by atoms with Crippen LogP contribution in [0.15, 0.2) is 42.6 Å². The molecule has 0 bridgehead atoms. The number of alkyl halides is 3. The van der Waals surface area contributed by atoms with E-state index in [1.54, 1.807) is 0 Å². The maximum atomic E-state index is 14.7. The first-order valence-electron chi connectivity index (χ1n) is 12.3. The van der Waals surface area contributed by atoms with Gasteiger partial charge in [-0.15, -0.1) is 0 Å². The summed E-state index contributed by atoms with van der Waals surface area (Å²) >= 11 is 0. The van der Waals surface area contributed by atoms with E-state index in [-0.39, 0.29) is 29.2 Å². The van der Waals surface area contributed by atoms with Crippen LogP contribution in [0.25, 0.3) is 22.5 Å². The van der Waals surface area contributed by atoms with E-state index in [0.29, 0.717) is 31.7 Å². The predicted molar refractivity (Wildman–Crippen MR) is 135 cm³/mol. The molecule has 1 fully saturated rings. The SMILES string of the molecule is O=C(NCc1ccc(C(=O)N2CCNCC2)c(F)c1)c1ncc(-c2c(-c3ccc(O)cc3F)n[nH]c2C(F)(F)F)[nH]1. The van der Waals surface area contributed by atoms with Gasteiger partial charge in [0, 0.05) is 44.4 Å². The minimum Gasteiger partial charge on any atom is -0.508 e. The molecule has 4 aromatic rings. The fraction of sp³-hybridized carbons (Fsp3) is 0.231. The van der Waals surface area contributed by atoms with Gasteiger partial charge in [-0.1, -0.05) is 6.07 Å². The molecule has 0 unspecified atom stereocenters. The number of hydrogen-bond acceptors (Lipinski definition) is 6. The summed E-state index contributed by atoms with van der Waals surface area (Å²) in [5.41, 5.74) is -2.68. The molecule has 15 heteroatoms. The van der Waals surface area contributed by atoms with Crippen molar-refractivity contribution in [3.05, 3.63) is 76.9 Å². The Morgan fingerprint density at radius 2 is 1.80 bits per heavy atom. The molecule has 0 radical (unpaired) electrons. The molecular weight excluding hydrogens is 553 g/mol. The molecule has 5 N–H and O–H groups in total. The van der Waals surface area contributed by atoms with Gasteiger partial charge in [0.05, 0.1) is 23.0 Å². The minimum absolute atomic E-state index is 0.0981. The average molecular weight is 575 g/mol. The number of piperazine rings is 1. The van der Waals surface area contributed by atoms with Crippen LogP contribution in [-0.4, -0.2) is 68.2 Å². The van der Waals surface area contributed by atoms with Gasteiger partial charge < -0.3 is 25.6 Å². The largest absolute Gasteiger partial charge is 0.508 e.